The van der Waals surface area contributed by atoms with E-state index < -0.39 is 0 Å². The van der Waals surface area contributed by atoms with E-state index in [1.165, 1.54) is 5.56 Å². The van der Waals surface area contributed by atoms with E-state index in [4.69, 9.17) is 11.6 Å². The molecule has 1 N–H and O–H groups in total. The smallest absolute Gasteiger partial charge is 0.257 e. The van der Waals surface area contributed by atoms with Crippen LogP contribution in [-0.2, 0) is 4.79 Å². The van der Waals surface area contributed by atoms with Gasteiger partial charge in [0.2, 0.25) is 5.91 Å². The maximum atomic E-state index is 12.7. The van der Waals surface area contributed by atoms with Crippen molar-refractivity contribution in [3.8, 4) is 0 Å². The number of aryl methyl sites for hydroxylation is 2. The molecule has 0 aromatic heterocycles. The monoisotopic (exact) mass is 436 g/mol. The van der Waals surface area contributed by atoms with Crippen LogP contribution in [0.3, 0.4) is 0 Å². The second-order valence-electron chi connectivity index (χ2n) is 7.26. The van der Waals surface area contributed by atoms with Crippen molar-refractivity contribution in [2.75, 3.05) is 16.0 Å². The molecule has 0 saturated carbocycles. The minimum absolute atomic E-state index is 0.0822. The van der Waals surface area contributed by atoms with Gasteiger partial charge in [0.25, 0.3) is 5.91 Å². The van der Waals surface area contributed by atoms with Crippen LogP contribution >= 0.6 is 23.4 Å². The summed E-state index contributed by atoms with van der Waals surface area (Å²) >= 11 is 7.72. The van der Waals surface area contributed by atoms with Crippen molar-refractivity contribution in [1.29, 1.82) is 0 Å². The zero-order chi connectivity index (χ0) is 21.3. The summed E-state index contributed by atoms with van der Waals surface area (Å²) in [7, 11) is 0. The molecule has 152 valence electrons. The quantitative estimate of drug-likeness (QED) is 0.546. The van der Waals surface area contributed by atoms with Crippen molar-refractivity contribution in [3.63, 3.8) is 0 Å². The van der Waals surface area contributed by atoms with Gasteiger partial charge in [-0.3, -0.25) is 14.5 Å². The Bertz CT molecular complexity index is 1130. The van der Waals surface area contributed by atoms with Crippen LogP contribution in [0.15, 0.2) is 66.7 Å². The van der Waals surface area contributed by atoms with Crippen molar-refractivity contribution in [1.82, 2.24) is 0 Å². The molecule has 4 nitrogen and oxygen atoms in total. The molecule has 6 heteroatoms. The second kappa shape index (κ2) is 8.54. The SMILES string of the molecule is Cc1ccc(N2C(=O)CS[C@H]2c2cccc(NC(=O)c3ccccc3Cl)c2)cc1C. The predicted molar refractivity (Wildman–Crippen MR) is 124 cm³/mol. The molecule has 0 spiro atoms. The van der Waals surface area contributed by atoms with Gasteiger partial charge in [-0.05, 0) is 66.9 Å². The van der Waals surface area contributed by atoms with Crippen LogP contribution in [0, 0.1) is 13.8 Å². The number of carbonyl (C=O) groups excluding carboxylic acids is 2. The van der Waals surface area contributed by atoms with Crippen molar-refractivity contribution in [2.24, 2.45) is 0 Å². The van der Waals surface area contributed by atoms with Gasteiger partial charge in [-0.1, -0.05) is 41.9 Å². The number of nitrogens with one attached hydrogen (secondary N) is 1. The van der Waals surface area contributed by atoms with Gasteiger partial charge < -0.3 is 5.32 Å². The number of halogens is 1. The normalized spacial score (nSPS) is 16.0. The maximum Gasteiger partial charge on any atom is 0.257 e. The van der Waals surface area contributed by atoms with Gasteiger partial charge in [0.1, 0.15) is 5.37 Å². The molecule has 1 aliphatic rings. The minimum atomic E-state index is -0.265. The molecule has 0 bridgehead atoms. The van der Waals surface area contributed by atoms with Crippen LogP contribution in [0.4, 0.5) is 11.4 Å². The highest BCUT2D eigenvalue weighted by molar-refractivity contribution is 8.00. The zero-order valence-electron chi connectivity index (χ0n) is 16.7. The molecular weight excluding hydrogens is 416 g/mol. The molecule has 30 heavy (non-hydrogen) atoms. The first-order valence-corrected chi connectivity index (χ1v) is 11.0. The molecule has 4 rings (SSSR count). The van der Waals surface area contributed by atoms with E-state index in [1.54, 1.807) is 36.0 Å². The van der Waals surface area contributed by atoms with E-state index in [-0.39, 0.29) is 17.2 Å². The molecule has 0 radical (unpaired) electrons. The Balaban J connectivity index is 1.61. The van der Waals surface area contributed by atoms with E-state index in [2.05, 4.69) is 18.3 Å². The summed E-state index contributed by atoms with van der Waals surface area (Å²) in [5.74, 6) is 0.242. The number of anilines is 2. The Morgan fingerprint density at radius 1 is 1.03 bits per heavy atom. The Labute approximate surface area is 185 Å². The third-order valence-corrected chi connectivity index (χ3v) is 6.73. The van der Waals surface area contributed by atoms with Gasteiger partial charge in [-0.15, -0.1) is 11.8 Å². The summed E-state index contributed by atoms with van der Waals surface area (Å²) < 4.78 is 0. The molecule has 3 aromatic carbocycles. The van der Waals surface area contributed by atoms with Crippen molar-refractivity contribution in [2.45, 2.75) is 19.2 Å². The highest BCUT2D eigenvalue weighted by Crippen LogP contribution is 2.42. The molecule has 1 heterocycles. The van der Waals surface area contributed by atoms with E-state index in [1.807, 2.05) is 48.2 Å². The predicted octanol–water partition coefficient (Wildman–Crippen LogP) is 5.99. The number of nitrogens with zero attached hydrogens (tertiary/aromatic N) is 1. The number of hydrogen-bond acceptors (Lipinski definition) is 3. The zero-order valence-corrected chi connectivity index (χ0v) is 18.3. The number of carbonyl (C=O) groups is 2. The second-order valence-corrected chi connectivity index (χ2v) is 8.73. The first-order chi connectivity index (χ1) is 14.4. The number of rotatable bonds is 4. The largest absolute Gasteiger partial charge is 0.322 e. The minimum Gasteiger partial charge on any atom is -0.322 e. The molecule has 1 aliphatic heterocycles. The van der Waals surface area contributed by atoms with E-state index in [0.717, 1.165) is 16.8 Å². The fourth-order valence-corrected chi connectivity index (χ4v) is 4.83. The summed E-state index contributed by atoms with van der Waals surface area (Å²) in [6.45, 7) is 4.11. The number of benzene rings is 3. The fraction of sp³-hybridized carbons (Fsp3) is 0.167. The van der Waals surface area contributed by atoms with Crippen LogP contribution in [0.5, 0.6) is 0 Å². The summed E-state index contributed by atoms with van der Waals surface area (Å²) in [6, 6.07) is 20.6. The summed E-state index contributed by atoms with van der Waals surface area (Å²) in [6.07, 6.45) is 0. The molecule has 1 saturated heterocycles. The van der Waals surface area contributed by atoms with Crippen LogP contribution < -0.4 is 10.2 Å². The highest BCUT2D eigenvalue weighted by Gasteiger charge is 2.34. The number of hydrogen-bond donors (Lipinski definition) is 1. The topological polar surface area (TPSA) is 49.4 Å². The van der Waals surface area contributed by atoms with Gasteiger partial charge in [0, 0.05) is 11.4 Å². The molecule has 0 unspecified atom stereocenters. The van der Waals surface area contributed by atoms with Crippen LogP contribution in [-0.4, -0.2) is 17.6 Å². The maximum absolute atomic E-state index is 12.7. The van der Waals surface area contributed by atoms with Crippen molar-refractivity contribution in [3.05, 3.63) is 94.0 Å². The van der Waals surface area contributed by atoms with E-state index >= 15 is 0 Å². The average Bonchev–Trinajstić information content (AvgIpc) is 3.12. The summed E-state index contributed by atoms with van der Waals surface area (Å²) in [5, 5.41) is 3.17. The van der Waals surface area contributed by atoms with Gasteiger partial charge in [-0.2, -0.15) is 0 Å². The lowest BCUT2D eigenvalue weighted by Gasteiger charge is -2.25. The van der Waals surface area contributed by atoms with Gasteiger partial charge in [-0.25, -0.2) is 0 Å². The Morgan fingerprint density at radius 2 is 1.83 bits per heavy atom. The van der Waals surface area contributed by atoms with Crippen LogP contribution in [0.25, 0.3) is 0 Å². The third kappa shape index (κ3) is 4.09. The summed E-state index contributed by atoms with van der Waals surface area (Å²) in [5.41, 5.74) is 5.28. The lowest BCUT2D eigenvalue weighted by molar-refractivity contribution is -0.115. The molecule has 1 fully saturated rings. The van der Waals surface area contributed by atoms with Crippen molar-refractivity contribution >= 4 is 46.6 Å². The average molecular weight is 437 g/mol. The van der Waals surface area contributed by atoms with E-state index in [9.17, 15) is 9.59 Å². The fourth-order valence-electron chi connectivity index (χ4n) is 3.44. The lowest BCUT2D eigenvalue weighted by atomic mass is 10.1. The third-order valence-electron chi connectivity index (χ3n) is 5.18. The molecule has 3 aromatic rings. The van der Waals surface area contributed by atoms with Crippen LogP contribution in [0.2, 0.25) is 5.02 Å². The van der Waals surface area contributed by atoms with Crippen molar-refractivity contribution < 1.29 is 9.59 Å². The molecule has 2 amide bonds. The number of thioether (sulfide) groups is 1. The standard InChI is InChI=1S/C24H21ClN2O2S/c1-15-10-11-19(12-16(15)2)27-22(28)14-30-24(27)17-6-5-7-18(13-17)26-23(29)20-8-3-4-9-21(20)25/h3-13,24H,14H2,1-2H3,(H,26,29)/t24-/m0/s1. The lowest BCUT2D eigenvalue weighted by Crippen LogP contribution is -2.28. The molecular formula is C24H21ClN2O2S. The molecule has 1 atom stereocenters. The molecule has 0 aliphatic carbocycles. The summed E-state index contributed by atoms with van der Waals surface area (Å²) in [4.78, 5) is 27.1. The first-order valence-electron chi connectivity index (χ1n) is 9.61. The Hall–Kier alpha value is -2.76. The highest BCUT2D eigenvalue weighted by atomic mass is 35.5. The van der Waals surface area contributed by atoms with Gasteiger partial charge in [0.15, 0.2) is 0 Å². The number of amides is 2. The van der Waals surface area contributed by atoms with E-state index in [0.29, 0.717) is 22.0 Å². The van der Waals surface area contributed by atoms with Crippen LogP contribution in [0.1, 0.15) is 32.4 Å². The Morgan fingerprint density at radius 3 is 2.60 bits per heavy atom. The van der Waals surface area contributed by atoms with Gasteiger partial charge >= 0.3 is 0 Å². The Kier molecular flexibility index (Phi) is 5.84. The van der Waals surface area contributed by atoms with Gasteiger partial charge in [0.05, 0.1) is 16.3 Å². The first kappa shape index (κ1) is 20.5.